The van der Waals surface area contributed by atoms with Crippen LogP contribution in [0.2, 0.25) is 0 Å². The average Bonchev–Trinajstić information content (AvgIpc) is 3.66. The first-order chi connectivity index (χ1) is 22.3. The second-order valence-electron chi connectivity index (χ2n) is 6.69. The van der Waals surface area contributed by atoms with Gasteiger partial charge >= 0.3 is 99.9 Å². The van der Waals surface area contributed by atoms with Crippen molar-refractivity contribution in [1.82, 2.24) is 20.6 Å². The number of methoxy groups -OCH3 is 2. The Morgan fingerprint density at radius 2 is 1.06 bits per heavy atom. The third-order valence-corrected chi connectivity index (χ3v) is 3.74. The van der Waals surface area contributed by atoms with Gasteiger partial charge in [-0.2, -0.15) is 15.7 Å². The summed E-state index contributed by atoms with van der Waals surface area (Å²) in [6.45, 7) is 5.62. The Morgan fingerprint density at radius 1 is 0.771 bits per heavy atom. The van der Waals surface area contributed by atoms with Crippen molar-refractivity contribution in [3.05, 3.63) is 104 Å². The number of halogens is 5. The Hall–Kier alpha value is 0.408. The normalized spacial score (nSPS) is 7.19. The topological polar surface area (TPSA) is 161 Å². The van der Waals surface area contributed by atoms with Crippen molar-refractivity contribution >= 4 is 77.2 Å². The molecule has 0 amide bonds. The Bertz CT molecular complexity index is 1080. The summed E-state index contributed by atoms with van der Waals surface area (Å²) >= 11 is 10.0. The number of H-pyrrole nitrogens is 1. The van der Waals surface area contributed by atoms with Crippen molar-refractivity contribution in [2.24, 2.45) is 0 Å². The third kappa shape index (κ3) is 61.6. The van der Waals surface area contributed by atoms with E-state index in [-0.39, 0.29) is 40.1 Å². The van der Waals surface area contributed by atoms with Gasteiger partial charge in [0.2, 0.25) is 0 Å². The molecule has 0 aliphatic rings. The Balaban J connectivity index is -0.0000000811. The van der Waals surface area contributed by atoms with Crippen LogP contribution in [0.4, 0.5) is 0 Å². The van der Waals surface area contributed by atoms with E-state index in [9.17, 15) is 0 Å². The number of benzene rings is 3. The molecule has 0 bridgehead atoms. The van der Waals surface area contributed by atoms with Crippen molar-refractivity contribution in [3.8, 4) is 29.4 Å². The number of rotatable bonds is 3. The summed E-state index contributed by atoms with van der Waals surface area (Å²) in [7, 11) is 4.95. The van der Waals surface area contributed by atoms with Crippen molar-refractivity contribution in [3.63, 3.8) is 0 Å². The van der Waals surface area contributed by atoms with Gasteiger partial charge in [0.15, 0.2) is 5.82 Å². The zero-order valence-corrected chi connectivity index (χ0v) is 43.2. The maximum absolute atomic E-state index is 8.63. The molecule has 0 saturated heterocycles. The van der Waals surface area contributed by atoms with Crippen LogP contribution < -0.4 is 22.7 Å². The van der Waals surface area contributed by atoms with Gasteiger partial charge < -0.3 is 27.1 Å². The molecule has 3 N–H and O–H groups in total. The number of ether oxygens (including phenoxy) is 2. The molecule has 0 unspecified atom stereocenters. The summed E-state index contributed by atoms with van der Waals surface area (Å²) in [6.07, 6.45) is 2.09. The van der Waals surface area contributed by atoms with Crippen LogP contribution in [-0.2, 0) is 48.6 Å². The third-order valence-electron chi connectivity index (χ3n) is 3.74. The minimum Gasteiger partial charge on any atom is 0 e. The van der Waals surface area contributed by atoms with Crippen LogP contribution in [0, 0.1) is 30.1 Å². The fourth-order valence-corrected chi connectivity index (χ4v) is 1.87. The van der Waals surface area contributed by atoms with Gasteiger partial charge in [-0.15, -0.1) is 10.2 Å². The first-order valence-corrected chi connectivity index (χ1v) is 34.6. The summed E-state index contributed by atoms with van der Waals surface area (Å²) in [5, 5.41) is 44.0. The number of nitrogens with one attached hydrogen (secondary N) is 1. The molecule has 3 aromatic carbocycles. The van der Waals surface area contributed by atoms with Gasteiger partial charge in [0.25, 0.3) is 0 Å². The molecule has 0 aliphatic carbocycles. The molecule has 1 aromatic heterocycles. The summed E-state index contributed by atoms with van der Waals surface area (Å²) in [5.74, 6) is 2.91. The van der Waals surface area contributed by atoms with Gasteiger partial charge in [-0.1, -0.05) is 80.6 Å². The van der Waals surface area contributed by atoms with Crippen molar-refractivity contribution in [1.29, 1.82) is 10.5 Å². The molecule has 1 heterocycles. The van der Waals surface area contributed by atoms with Crippen LogP contribution in [0.15, 0.2) is 91.0 Å². The molecule has 1 radical (unpaired) electrons. The van der Waals surface area contributed by atoms with Crippen molar-refractivity contribution < 1.29 is 75.1 Å². The number of tetrazole rings is 1. The summed E-state index contributed by atoms with van der Waals surface area (Å²) in [6, 6.07) is 31.9. The molecule has 0 aliphatic heterocycles. The molecule has 10 nitrogen and oxygen atoms in total. The van der Waals surface area contributed by atoms with E-state index in [1.165, 1.54) is 0 Å². The number of nitrogens with zero attached hydrogens (tertiary/aromatic N) is 5. The summed E-state index contributed by atoms with van der Waals surface area (Å²) in [5.41, 5.74) is 0. The Morgan fingerprint density at radius 3 is 1.19 bits per heavy atom. The van der Waals surface area contributed by atoms with E-state index >= 15 is 0 Å². The molecule has 48 heavy (non-hydrogen) atoms. The van der Waals surface area contributed by atoms with Crippen molar-refractivity contribution in [2.75, 3.05) is 21.3 Å². The van der Waals surface area contributed by atoms with E-state index in [0.29, 0.717) is 41.3 Å². The molecule has 268 valence electrons. The number of para-hydroxylation sites is 3. The standard InChI is InChI=1S/2C7H8O.C6H6O.C3H6N4.2C3H5N.CH4O.CH3.I3.2HI.V.Y/c2*1-8-7-5-3-2-4-6-7;7-6-4-2-1-3-5-6;1-2-3-4-6-7-5-3;2*1-2-3-4;1-2;;1-3-2;;;;/h2*2-6H,1H3;1-5,7H;2H2,1H3,(H,4,5,6,7);2*2H2,1H3;2H,1H3;1H3;;2*1H;;/q;;;;;;;2*-1;;;+2;/p-2. The minimum atomic E-state index is 0. The van der Waals surface area contributed by atoms with Crippen LogP contribution in [0.3, 0.4) is 0 Å². The van der Waals surface area contributed by atoms with Gasteiger partial charge in [0.05, 0.1) is 26.4 Å². The van der Waals surface area contributed by atoms with Crippen molar-refractivity contribution in [2.45, 2.75) is 40.0 Å². The Labute approximate surface area is 372 Å². The number of phenols is 1. The molecule has 17 heteroatoms. The van der Waals surface area contributed by atoms with Gasteiger partial charge in [-0.05, 0) is 36.4 Å². The molecule has 4 aromatic rings. The van der Waals surface area contributed by atoms with Crippen LogP contribution in [0.1, 0.15) is 39.4 Å². The largest absolute Gasteiger partial charge is 0 e. The van der Waals surface area contributed by atoms with Crippen LogP contribution in [0.5, 0.6) is 17.2 Å². The number of aliphatic hydroxyl groups excluding tert-OH is 1. The number of hydrogen-bond donors (Lipinski definition) is 3. The number of aromatic amines is 1. The fraction of sp³-hybridized carbons (Fsp3) is 0.290. The first-order valence-electron chi connectivity index (χ1n) is 13.0. The quantitative estimate of drug-likeness (QED) is 0.145. The second-order valence-corrected chi connectivity index (χ2v) is 34.7. The molecular formula is C31H45I5N6O4VY-2. The van der Waals surface area contributed by atoms with E-state index < -0.39 is 0 Å². The van der Waals surface area contributed by atoms with E-state index in [1.54, 1.807) is 38.5 Å². The summed E-state index contributed by atoms with van der Waals surface area (Å²) < 4.78 is 9.83. The van der Waals surface area contributed by atoms with Gasteiger partial charge in [0, 0.05) is 59.1 Å². The van der Waals surface area contributed by atoms with E-state index in [2.05, 4.69) is 97.8 Å². The van der Waals surface area contributed by atoms with E-state index in [0.717, 1.165) is 30.9 Å². The van der Waals surface area contributed by atoms with Gasteiger partial charge in [0.1, 0.15) is 17.2 Å². The number of phenolic OH excluding ortho intramolecular Hbond substituents is 1. The average molecular weight is 1340 g/mol. The maximum atomic E-state index is 8.63. The first kappa shape index (κ1) is 63.5. The van der Waals surface area contributed by atoms with Crippen LogP contribution >= 0.6 is 77.2 Å². The maximum Gasteiger partial charge on any atom is 0 e. The number of aromatic nitrogens is 4. The smallest absolute Gasteiger partial charge is 0 e. The van der Waals surface area contributed by atoms with E-state index in [1.807, 2.05) is 99.6 Å². The molecular weight excluding hydrogens is 1290 g/mol. The number of hydrogen-bond acceptors (Lipinski definition) is 9. The predicted octanol–water partition coefficient (Wildman–Crippen LogP) is 6.99. The number of aliphatic hydroxyl groups is 1. The van der Waals surface area contributed by atoms with Crippen LogP contribution in [0.25, 0.3) is 0 Å². The zero-order valence-electron chi connectivity index (χ0n) is 28.1. The number of nitriles is 2. The predicted molar refractivity (Wildman–Crippen MR) is 220 cm³/mol. The second kappa shape index (κ2) is 62.5. The van der Waals surface area contributed by atoms with Gasteiger partial charge in [-0.25, -0.2) is 0 Å². The van der Waals surface area contributed by atoms with E-state index in [4.69, 9.17) is 30.2 Å². The number of aromatic hydroxyl groups is 1. The molecule has 0 saturated carbocycles. The Kier molecular flexibility index (Phi) is 82.7. The molecule has 4 rings (SSSR count). The number of aryl methyl sites for hydroxylation is 1. The van der Waals surface area contributed by atoms with Gasteiger partial charge in [-0.3, -0.25) is 0 Å². The molecule has 0 fully saturated rings. The minimum absolute atomic E-state index is 0. The summed E-state index contributed by atoms with van der Waals surface area (Å²) in [4.78, 5) is 0. The monoisotopic (exact) mass is 1340 g/mol. The SMILES string of the molecule is CCC#N.CCC#N.CCc1nn[nH]n1.CO.COc1ccccc1.COc1ccccc1.I[I-]I.Oc1ccccc1.[CH3-].[I][V][I].[Y]. The zero-order chi connectivity index (χ0) is 36.1. The fourth-order valence-electron chi connectivity index (χ4n) is 1.87. The molecule has 0 spiro atoms. The molecule has 0 atom stereocenters. The van der Waals surface area contributed by atoms with Crippen LogP contribution in [-0.4, -0.2) is 52.2 Å².